The first-order chi connectivity index (χ1) is 11.3. The van der Waals surface area contributed by atoms with Crippen LogP contribution in [-0.2, 0) is 14.1 Å². The Morgan fingerprint density at radius 1 is 1.12 bits per heavy atom. The van der Waals surface area contributed by atoms with Gasteiger partial charge in [0.1, 0.15) is 5.75 Å². The van der Waals surface area contributed by atoms with Crippen molar-refractivity contribution in [2.45, 2.75) is 11.4 Å². The first kappa shape index (κ1) is 22.5. The van der Waals surface area contributed by atoms with E-state index in [4.69, 9.17) is 32.7 Å². The third-order valence-electron chi connectivity index (χ3n) is 2.85. The molecule has 0 radical (unpaired) electrons. The summed E-state index contributed by atoms with van der Waals surface area (Å²) in [4.78, 5) is 32.8. The molecule has 10 heteroatoms. The Morgan fingerprint density at radius 2 is 1.68 bits per heavy atom. The Balaban J connectivity index is 0.00000312. The number of alkyl halides is 1. The second-order valence-corrected chi connectivity index (χ2v) is 7.08. The summed E-state index contributed by atoms with van der Waals surface area (Å²) >= 11 is 11.5. The molecule has 0 heterocycles. The molecule has 128 valence electrons. The van der Waals surface area contributed by atoms with Gasteiger partial charge in [0.25, 0.3) is 5.56 Å². The summed E-state index contributed by atoms with van der Waals surface area (Å²) in [6.45, 7) is 0. The quantitative estimate of drug-likeness (QED) is 0.312. The van der Waals surface area contributed by atoms with Gasteiger partial charge in [0.15, 0.2) is 13.4 Å². The van der Waals surface area contributed by atoms with Gasteiger partial charge in [-0.25, -0.2) is 4.79 Å². The fraction of sp³-hybridized carbons (Fsp3) is 0.133. The van der Waals surface area contributed by atoms with E-state index in [1.165, 1.54) is 48.5 Å². The van der Waals surface area contributed by atoms with Crippen LogP contribution in [0, 0.1) is 0 Å². The predicted molar refractivity (Wildman–Crippen MR) is 86.8 cm³/mol. The van der Waals surface area contributed by atoms with Crippen LogP contribution in [0.1, 0.15) is 11.4 Å². The molecule has 1 N–H and O–H groups in total. The number of rotatable bonds is 6. The average molecular weight is 413 g/mol. The molecule has 0 amide bonds. The van der Waals surface area contributed by atoms with Gasteiger partial charge < -0.3 is 23.8 Å². The van der Waals surface area contributed by atoms with Crippen LogP contribution in [-0.4, -0.2) is 16.4 Å². The molecule has 6 nitrogen and oxygen atoms in total. The summed E-state index contributed by atoms with van der Waals surface area (Å²) in [5.74, 6) is -2.80. The number of carbonyl (C=O) groups excluding carboxylic acids is 1. The van der Waals surface area contributed by atoms with Crippen molar-refractivity contribution in [3.8, 4) is 5.75 Å². The summed E-state index contributed by atoms with van der Waals surface area (Å²) in [7, 11) is -5.01. The van der Waals surface area contributed by atoms with Crippen molar-refractivity contribution in [2.75, 3.05) is 0 Å². The Bertz CT molecular complexity index is 737. The predicted octanol–water partition coefficient (Wildman–Crippen LogP) is 0.0754. The third kappa shape index (κ3) is 6.93. The first-order valence-electron chi connectivity index (χ1n) is 6.62. The molecule has 0 aliphatic heterocycles. The maximum absolute atomic E-state index is 12.0. The summed E-state index contributed by atoms with van der Waals surface area (Å²) in [5, 5.41) is 0.466. The van der Waals surface area contributed by atoms with E-state index in [2.05, 4.69) is 0 Å². The van der Waals surface area contributed by atoms with E-state index in [1.54, 1.807) is 6.07 Å². The molecule has 0 aliphatic rings. The molecule has 25 heavy (non-hydrogen) atoms. The number of ether oxygens (including phenoxy) is 2. The van der Waals surface area contributed by atoms with Gasteiger partial charge >= 0.3 is 35.5 Å². The largest absolute Gasteiger partial charge is 1.00 e. The van der Waals surface area contributed by atoms with Gasteiger partial charge in [-0.1, -0.05) is 53.5 Å². The molecule has 0 aromatic heterocycles. The van der Waals surface area contributed by atoms with Gasteiger partial charge in [-0.2, -0.15) is 0 Å². The maximum Gasteiger partial charge on any atom is 1.00 e. The number of carbonyl (C=O) groups is 1. The fourth-order valence-corrected chi connectivity index (χ4v) is 2.85. The van der Waals surface area contributed by atoms with Crippen molar-refractivity contribution < 1.29 is 58.2 Å². The van der Waals surface area contributed by atoms with Gasteiger partial charge in [-0.15, -0.1) is 0 Å². The Morgan fingerprint density at radius 3 is 2.20 bits per heavy atom. The van der Waals surface area contributed by atoms with E-state index >= 15 is 0 Å². The normalized spacial score (nSPS) is 15.2. The van der Waals surface area contributed by atoms with Gasteiger partial charge in [-0.3, -0.25) is 0 Å². The molecule has 3 atom stereocenters. The molecule has 0 aliphatic carbocycles. The molecule has 3 unspecified atom stereocenters. The van der Waals surface area contributed by atoms with E-state index in [9.17, 15) is 19.1 Å². The van der Waals surface area contributed by atoms with E-state index in [-0.39, 0.29) is 40.9 Å². The van der Waals surface area contributed by atoms with Gasteiger partial charge in [0, 0.05) is 10.6 Å². The van der Waals surface area contributed by atoms with Crippen LogP contribution in [0.3, 0.4) is 0 Å². The van der Waals surface area contributed by atoms with Crippen molar-refractivity contribution in [3.05, 3.63) is 65.2 Å². The Kier molecular flexibility index (Phi) is 8.95. The third-order valence-corrected chi connectivity index (χ3v) is 4.36. The minimum Gasteiger partial charge on any atom is -0.776 e. The Labute approximate surface area is 176 Å². The molecular weight excluding hydrogens is 401 g/mol. The van der Waals surface area contributed by atoms with E-state index < -0.39 is 25.0 Å². The smallest absolute Gasteiger partial charge is 0.776 e. The monoisotopic (exact) mass is 412 g/mol. The van der Waals surface area contributed by atoms with Crippen LogP contribution in [0.25, 0.3) is 0 Å². The second kappa shape index (κ2) is 9.95. The van der Waals surface area contributed by atoms with Crippen molar-refractivity contribution in [1.82, 2.24) is 0 Å². The van der Waals surface area contributed by atoms with Crippen molar-refractivity contribution in [3.63, 3.8) is 0 Å². The minimum absolute atomic E-state index is 0. The number of benzene rings is 2. The molecule has 0 saturated heterocycles. The SMILES string of the molecule is O=C(OC(c1ccccc1)P(=O)([O-])O)C(Cl)Oc1ccc(Cl)cc1.[Na+]. The zero-order valence-corrected chi connectivity index (χ0v) is 17.4. The maximum atomic E-state index is 12.0. The number of hydrogen-bond donors (Lipinski definition) is 1. The number of halogens is 2. The zero-order chi connectivity index (χ0) is 17.7. The van der Waals surface area contributed by atoms with Crippen LogP contribution in [0.2, 0.25) is 5.02 Å². The van der Waals surface area contributed by atoms with Gasteiger partial charge in [0.05, 0.1) is 0 Å². The summed E-state index contributed by atoms with van der Waals surface area (Å²) in [5.41, 5.74) is -1.52. The van der Waals surface area contributed by atoms with Crippen molar-refractivity contribution >= 4 is 36.8 Å². The van der Waals surface area contributed by atoms with Gasteiger partial charge in [-0.05, 0) is 24.3 Å². The number of hydrogen-bond acceptors (Lipinski definition) is 5. The molecule has 2 rings (SSSR count). The first-order valence-corrected chi connectivity index (χ1v) is 9.08. The molecule has 0 spiro atoms. The molecule has 0 saturated carbocycles. The van der Waals surface area contributed by atoms with E-state index in [1.807, 2.05) is 0 Å². The van der Waals surface area contributed by atoms with E-state index in [0.717, 1.165) is 0 Å². The topological polar surface area (TPSA) is 95.9 Å². The standard InChI is InChI=1S/C15H13Cl2O6P.Na/c16-11-6-8-12(9-7-11)22-13(17)14(18)23-15(24(19,20)21)10-4-2-1-3-5-10;/h1-9,13,15H,(H2,19,20,21);/q;+1/p-1. The van der Waals surface area contributed by atoms with Crippen LogP contribution >= 0.6 is 30.8 Å². The molecular formula is C15H12Cl2NaO6P. The molecule has 0 fully saturated rings. The molecule has 2 aromatic carbocycles. The van der Waals surface area contributed by atoms with Crippen LogP contribution in [0.15, 0.2) is 54.6 Å². The van der Waals surface area contributed by atoms with Crippen molar-refractivity contribution in [1.29, 1.82) is 0 Å². The average Bonchev–Trinajstić information content (AvgIpc) is 2.54. The zero-order valence-electron chi connectivity index (χ0n) is 13.0. The second-order valence-electron chi connectivity index (χ2n) is 4.65. The summed E-state index contributed by atoms with van der Waals surface area (Å²) < 4.78 is 21.4. The Hall–Kier alpha value is -0.560. The van der Waals surface area contributed by atoms with Gasteiger partial charge in [0.2, 0.25) is 0 Å². The minimum atomic E-state index is -5.01. The summed E-state index contributed by atoms with van der Waals surface area (Å²) in [6, 6.07) is 13.5. The van der Waals surface area contributed by atoms with Crippen molar-refractivity contribution in [2.24, 2.45) is 0 Å². The summed E-state index contributed by atoms with van der Waals surface area (Å²) in [6.07, 6.45) is 0. The molecule has 2 aromatic rings. The number of esters is 1. The molecule has 0 bridgehead atoms. The van der Waals surface area contributed by atoms with Crippen LogP contribution < -0.4 is 39.2 Å². The fourth-order valence-electron chi connectivity index (χ4n) is 1.78. The van der Waals surface area contributed by atoms with E-state index in [0.29, 0.717) is 5.02 Å². The van der Waals surface area contributed by atoms with Crippen LogP contribution in [0.5, 0.6) is 5.75 Å². The van der Waals surface area contributed by atoms with Crippen LogP contribution in [0.4, 0.5) is 0 Å².